The zero-order valence-electron chi connectivity index (χ0n) is 15.3. The number of hydrogen-bond acceptors (Lipinski definition) is 4. The largest absolute Gasteiger partial charge is 0.485 e. The number of rotatable bonds is 3. The lowest BCUT2D eigenvalue weighted by molar-refractivity contribution is -0.127. The Hall–Kier alpha value is -2.86. The summed E-state index contributed by atoms with van der Waals surface area (Å²) in [5.74, 6) is 0.874. The maximum absolute atomic E-state index is 12.8. The van der Waals surface area contributed by atoms with E-state index in [1.807, 2.05) is 28.8 Å². The molecule has 4 rings (SSSR count). The van der Waals surface area contributed by atoms with Crippen molar-refractivity contribution in [2.45, 2.75) is 26.5 Å². The Morgan fingerprint density at radius 3 is 2.89 bits per heavy atom. The zero-order valence-corrected chi connectivity index (χ0v) is 16.1. The van der Waals surface area contributed by atoms with Crippen molar-refractivity contribution in [1.29, 1.82) is 0 Å². The van der Waals surface area contributed by atoms with Crippen molar-refractivity contribution in [3.05, 3.63) is 65.0 Å². The number of aromatic nitrogens is 1. The molecule has 0 bridgehead atoms. The van der Waals surface area contributed by atoms with Gasteiger partial charge >= 0.3 is 0 Å². The third-order valence-electron chi connectivity index (χ3n) is 4.42. The molecule has 0 spiro atoms. The van der Waals surface area contributed by atoms with Crippen LogP contribution in [0.25, 0.3) is 10.2 Å². The van der Waals surface area contributed by atoms with E-state index in [0.29, 0.717) is 22.8 Å². The van der Waals surface area contributed by atoms with Crippen molar-refractivity contribution in [2.75, 3.05) is 6.61 Å². The van der Waals surface area contributed by atoms with Gasteiger partial charge in [0.15, 0.2) is 16.3 Å². The number of benzene rings is 2. The van der Waals surface area contributed by atoms with Crippen LogP contribution in [0.5, 0.6) is 11.5 Å². The molecular formula is C21H20N2O3S. The minimum atomic E-state index is -0.745. The summed E-state index contributed by atoms with van der Waals surface area (Å²) in [4.78, 5) is 17.8. The predicted octanol–water partition coefficient (Wildman–Crippen LogP) is 3.77. The van der Waals surface area contributed by atoms with E-state index in [1.165, 1.54) is 22.5 Å². The number of carbonyl (C=O) groups excluding carboxylic acids is 1. The van der Waals surface area contributed by atoms with Crippen LogP contribution < -0.4 is 14.3 Å². The number of thiazole rings is 1. The molecule has 0 saturated carbocycles. The first kappa shape index (κ1) is 17.5. The zero-order chi connectivity index (χ0) is 19.0. The molecule has 27 heavy (non-hydrogen) atoms. The average Bonchev–Trinajstić information content (AvgIpc) is 2.99. The molecule has 1 unspecified atom stereocenters. The third-order valence-corrected chi connectivity index (χ3v) is 5.65. The molecule has 0 aliphatic carbocycles. The highest BCUT2D eigenvalue weighted by Crippen LogP contribution is 2.31. The summed E-state index contributed by atoms with van der Waals surface area (Å²) in [6.45, 7) is 8.71. The Bertz CT molecular complexity index is 1110. The van der Waals surface area contributed by atoms with Crippen LogP contribution in [0, 0.1) is 13.8 Å². The molecule has 6 heteroatoms. The quantitative estimate of drug-likeness (QED) is 0.650. The highest BCUT2D eigenvalue weighted by molar-refractivity contribution is 7.16. The topological polar surface area (TPSA) is 52.8 Å². The highest BCUT2D eigenvalue weighted by atomic mass is 32.1. The second kappa shape index (κ2) is 7.04. The first-order valence-electron chi connectivity index (χ1n) is 8.75. The summed E-state index contributed by atoms with van der Waals surface area (Å²) in [6, 6.07) is 11.6. The predicted molar refractivity (Wildman–Crippen MR) is 106 cm³/mol. The molecule has 1 aliphatic rings. The molecule has 0 radical (unpaired) electrons. The Morgan fingerprint density at radius 1 is 1.33 bits per heavy atom. The van der Waals surface area contributed by atoms with E-state index in [9.17, 15) is 4.79 Å². The van der Waals surface area contributed by atoms with Crippen LogP contribution in [0.3, 0.4) is 0 Å². The molecule has 1 atom stereocenters. The van der Waals surface area contributed by atoms with Crippen LogP contribution in [-0.2, 0) is 11.3 Å². The van der Waals surface area contributed by atoms with Gasteiger partial charge in [-0.2, -0.15) is 4.99 Å². The van der Waals surface area contributed by atoms with E-state index in [2.05, 4.69) is 37.6 Å². The van der Waals surface area contributed by atoms with Crippen molar-refractivity contribution in [3.8, 4) is 11.5 Å². The molecule has 2 heterocycles. The standard InChI is InChI=1S/C21H20N2O3S/c1-4-9-23-15-11-13(2)10-14(3)19(15)27-21(23)22-20(24)18-12-25-16-7-5-6-8-17(16)26-18/h4-8,10-11,18H,1,9,12H2,2-3H3. The van der Waals surface area contributed by atoms with Crippen molar-refractivity contribution < 1.29 is 14.3 Å². The number of hydrogen-bond donors (Lipinski definition) is 0. The number of nitrogens with zero attached hydrogens (tertiary/aromatic N) is 2. The monoisotopic (exact) mass is 380 g/mol. The number of para-hydroxylation sites is 2. The Labute approximate surface area is 161 Å². The van der Waals surface area contributed by atoms with Gasteiger partial charge in [0.25, 0.3) is 5.91 Å². The number of amides is 1. The SMILES string of the molecule is C=CCn1c(=NC(=O)C2COc3ccccc3O2)sc2c(C)cc(C)cc21. The highest BCUT2D eigenvalue weighted by Gasteiger charge is 2.27. The lowest BCUT2D eigenvalue weighted by Crippen LogP contribution is -2.36. The Kier molecular flexibility index (Phi) is 4.58. The molecule has 138 valence electrons. The van der Waals surface area contributed by atoms with Gasteiger partial charge in [0, 0.05) is 6.54 Å². The van der Waals surface area contributed by atoms with E-state index in [4.69, 9.17) is 9.47 Å². The summed E-state index contributed by atoms with van der Waals surface area (Å²) in [7, 11) is 0. The summed E-state index contributed by atoms with van der Waals surface area (Å²) >= 11 is 1.51. The number of carbonyl (C=O) groups is 1. The third kappa shape index (κ3) is 3.28. The molecule has 0 saturated heterocycles. The first-order valence-corrected chi connectivity index (χ1v) is 9.57. The van der Waals surface area contributed by atoms with Gasteiger partial charge in [-0.25, -0.2) is 0 Å². The van der Waals surface area contributed by atoms with Gasteiger partial charge < -0.3 is 14.0 Å². The molecule has 1 aromatic heterocycles. The van der Waals surface area contributed by atoms with Gasteiger partial charge in [-0.05, 0) is 43.2 Å². The van der Waals surface area contributed by atoms with E-state index in [1.54, 1.807) is 6.07 Å². The molecule has 0 N–H and O–H groups in total. The summed E-state index contributed by atoms with van der Waals surface area (Å²) in [5.41, 5.74) is 3.41. The minimum absolute atomic E-state index is 0.157. The Balaban J connectivity index is 1.74. The lowest BCUT2D eigenvalue weighted by atomic mass is 10.1. The van der Waals surface area contributed by atoms with Gasteiger partial charge in [-0.3, -0.25) is 4.79 Å². The Morgan fingerprint density at radius 2 is 2.11 bits per heavy atom. The van der Waals surface area contributed by atoms with E-state index >= 15 is 0 Å². The first-order chi connectivity index (χ1) is 13.1. The second-order valence-corrected chi connectivity index (χ2v) is 7.51. The van der Waals surface area contributed by atoms with E-state index in [-0.39, 0.29) is 12.5 Å². The van der Waals surface area contributed by atoms with Gasteiger partial charge in [0.2, 0.25) is 6.10 Å². The van der Waals surface area contributed by atoms with Crippen molar-refractivity contribution in [3.63, 3.8) is 0 Å². The van der Waals surface area contributed by atoms with Crippen LogP contribution in [0.2, 0.25) is 0 Å². The van der Waals surface area contributed by atoms with Crippen molar-refractivity contribution in [1.82, 2.24) is 4.57 Å². The van der Waals surface area contributed by atoms with Crippen LogP contribution in [-0.4, -0.2) is 23.2 Å². The van der Waals surface area contributed by atoms with Crippen molar-refractivity contribution >= 4 is 27.5 Å². The molecule has 0 fully saturated rings. The van der Waals surface area contributed by atoms with Gasteiger partial charge in [0.05, 0.1) is 10.2 Å². The smallest absolute Gasteiger partial charge is 0.292 e. The molecule has 1 aliphatic heterocycles. The average molecular weight is 380 g/mol. The second-order valence-electron chi connectivity index (χ2n) is 6.53. The van der Waals surface area contributed by atoms with Crippen molar-refractivity contribution in [2.24, 2.45) is 4.99 Å². The summed E-state index contributed by atoms with van der Waals surface area (Å²) in [6.07, 6.45) is 1.06. The fourth-order valence-electron chi connectivity index (χ4n) is 3.21. The minimum Gasteiger partial charge on any atom is -0.485 e. The van der Waals surface area contributed by atoms with E-state index < -0.39 is 6.10 Å². The maximum Gasteiger partial charge on any atom is 0.292 e. The van der Waals surface area contributed by atoms with Crippen LogP contribution in [0.1, 0.15) is 11.1 Å². The van der Waals surface area contributed by atoms with Crippen LogP contribution in [0.4, 0.5) is 0 Å². The fourth-order valence-corrected chi connectivity index (χ4v) is 4.31. The molecule has 2 aromatic carbocycles. The number of ether oxygens (including phenoxy) is 2. The normalized spacial score (nSPS) is 16.5. The molecular weight excluding hydrogens is 360 g/mol. The van der Waals surface area contributed by atoms with Gasteiger partial charge in [-0.1, -0.05) is 35.6 Å². The van der Waals surface area contributed by atoms with Crippen LogP contribution in [0.15, 0.2) is 54.0 Å². The summed E-state index contributed by atoms with van der Waals surface area (Å²) in [5, 5.41) is 0. The van der Waals surface area contributed by atoms with Gasteiger partial charge in [0.1, 0.15) is 6.61 Å². The fraction of sp³-hybridized carbons (Fsp3) is 0.238. The van der Waals surface area contributed by atoms with Crippen LogP contribution >= 0.6 is 11.3 Å². The molecule has 5 nitrogen and oxygen atoms in total. The summed E-state index contributed by atoms with van der Waals surface area (Å²) < 4.78 is 14.6. The molecule has 3 aromatic rings. The van der Waals surface area contributed by atoms with E-state index in [0.717, 1.165) is 10.2 Å². The molecule has 1 amide bonds. The van der Waals surface area contributed by atoms with Gasteiger partial charge in [-0.15, -0.1) is 6.58 Å². The maximum atomic E-state index is 12.8. The number of aryl methyl sites for hydroxylation is 2. The number of fused-ring (bicyclic) bond motifs is 2. The lowest BCUT2D eigenvalue weighted by Gasteiger charge is -2.23. The number of allylic oxidation sites excluding steroid dienone is 1.